The van der Waals surface area contributed by atoms with E-state index in [0.29, 0.717) is 0 Å². The van der Waals surface area contributed by atoms with Crippen molar-refractivity contribution < 1.29 is 0 Å². The molecule has 1 aromatic rings. The van der Waals surface area contributed by atoms with Gasteiger partial charge in [-0.05, 0) is 37.0 Å². The number of fused-ring (bicyclic) bond motifs is 1. The molecule has 4 nitrogen and oxygen atoms in total. The number of imidazole rings is 1. The highest BCUT2D eigenvalue weighted by Gasteiger charge is 2.55. The van der Waals surface area contributed by atoms with Crippen LogP contribution in [0.25, 0.3) is 0 Å². The number of aromatic nitrogens is 2. The maximum atomic E-state index is 5.82. The average molecular weight is 248 g/mol. The second kappa shape index (κ2) is 5.02. The third kappa shape index (κ3) is 1.97. The van der Waals surface area contributed by atoms with Crippen molar-refractivity contribution in [3.05, 3.63) is 18.2 Å². The van der Waals surface area contributed by atoms with Gasteiger partial charge in [0, 0.05) is 18.9 Å². The fourth-order valence-corrected chi connectivity index (χ4v) is 3.93. The zero-order chi connectivity index (χ0) is 12.5. The summed E-state index contributed by atoms with van der Waals surface area (Å²) in [5, 5.41) is 0. The molecule has 1 aromatic heterocycles. The maximum Gasteiger partial charge on any atom is 0.127 e. The Labute approximate surface area is 109 Å². The molecule has 2 fully saturated rings. The Morgan fingerprint density at radius 2 is 2.17 bits per heavy atom. The monoisotopic (exact) mass is 248 g/mol. The third-order valence-electron chi connectivity index (χ3n) is 4.78. The van der Waals surface area contributed by atoms with E-state index in [1.165, 1.54) is 25.7 Å². The highest BCUT2D eigenvalue weighted by Crippen LogP contribution is 2.60. The molecule has 3 unspecified atom stereocenters. The van der Waals surface area contributed by atoms with E-state index in [1.807, 2.05) is 6.20 Å². The van der Waals surface area contributed by atoms with Crippen molar-refractivity contribution in [1.29, 1.82) is 0 Å². The summed E-state index contributed by atoms with van der Waals surface area (Å²) in [7, 11) is 0. The van der Waals surface area contributed by atoms with Crippen LogP contribution in [0.2, 0.25) is 0 Å². The fraction of sp³-hybridized carbons (Fsp3) is 0.786. The van der Waals surface area contributed by atoms with Crippen LogP contribution >= 0.6 is 0 Å². The van der Waals surface area contributed by atoms with E-state index in [-0.39, 0.29) is 6.04 Å². The third-order valence-corrected chi connectivity index (χ3v) is 4.78. The Morgan fingerprint density at radius 1 is 1.44 bits per heavy atom. The zero-order valence-corrected chi connectivity index (χ0v) is 11.2. The maximum absolute atomic E-state index is 5.82. The highest BCUT2D eigenvalue weighted by atomic mass is 15.3. The largest absolute Gasteiger partial charge is 0.334 e. The molecule has 18 heavy (non-hydrogen) atoms. The Kier molecular flexibility index (Phi) is 3.39. The van der Waals surface area contributed by atoms with Crippen LogP contribution in [0.15, 0.2) is 12.4 Å². The van der Waals surface area contributed by atoms with Crippen molar-refractivity contribution in [2.24, 2.45) is 23.6 Å². The summed E-state index contributed by atoms with van der Waals surface area (Å²) in [6.45, 7) is 3.24. The van der Waals surface area contributed by atoms with Crippen LogP contribution in [-0.2, 0) is 6.54 Å². The zero-order valence-electron chi connectivity index (χ0n) is 11.2. The first-order chi connectivity index (χ1) is 8.86. The van der Waals surface area contributed by atoms with Gasteiger partial charge >= 0.3 is 0 Å². The van der Waals surface area contributed by atoms with Gasteiger partial charge in [-0.25, -0.2) is 10.4 Å². The van der Waals surface area contributed by atoms with E-state index >= 15 is 0 Å². The van der Waals surface area contributed by atoms with Crippen LogP contribution in [0.4, 0.5) is 0 Å². The summed E-state index contributed by atoms with van der Waals surface area (Å²) >= 11 is 0. The number of nitrogens with one attached hydrogen (secondary N) is 1. The van der Waals surface area contributed by atoms with Crippen molar-refractivity contribution >= 4 is 0 Å². The molecular formula is C14H24N4. The lowest BCUT2D eigenvalue weighted by molar-refractivity contribution is 0.416. The first kappa shape index (κ1) is 12.2. The molecule has 0 amide bonds. The Hall–Kier alpha value is -0.870. The predicted octanol–water partition coefficient (Wildman–Crippen LogP) is 2.23. The second-order valence-corrected chi connectivity index (χ2v) is 5.81. The van der Waals surface area contributed by atoms with Gasteiger partial charge in [-0.1, -0.05) is 19.8 Å². The molecule has 3 atom stereocenters. The van der Waals surface area contributed by atoms with Crippen molar-refractivity contribution in [1.82, 2.24) is 15.0 Å². The molecule has 4 heteroatoms. The average Bonchev–Trinajstić information content (AvgIpc) is 2.93. The Morgan fingerprint density at radius 3 is 2.78 bits per heavy atom. The second-order valence-electron chi connectivity index (χ2n) is 5.81. The molecule has 2 aliphatic rings. The van der Waals surface area contributed by atoms with Gasteiger partial charge in [0.1, 0.15) is 5.82 Å². The summed E-state index contributed by atoms with van der Waals surface area (Å²) < 4.78 is 2.26. The Bertz CT molecular complexity index is 388. The van der Waals surface area contributed by atoms with Gasteiger partial charge in [0.25, 0.3) is 0 Å². The number of hydrogen-bond donors (Lipinski definition) is 2. The fourth-order valence-electron chi connectivity index (χ4n) is 3.93. The lowest BCUT2D eigenvalue weighted by atomic mass is 10.0. The van der Waals surface area contributed by atoms with Gasteiger partial charge in [0.2, 0.25) is 0 Å². The molecule has 0 aromatic carbocycles. The topological polar surface area (TPSA) is 55.9 Å². The lowest BCUT2D eigenvalue weighted by Crippen LogP contribution is -2.32. The quantitative estimate of drug-likeness (QED) is 0.620. The molecule has 0 saturated heterocycles. The minimum absolute atomic E-state index is 0.250. The molecule has 0 radical (unpaired) electrons. The first-order valence-electron chi connectivity index (χ1n) is 7.34. The van der Waals surface area contributed by atoms with E-state index in [2.05, 4.69) is 28.1 Å². The minimum atomic E-state index is 0.250. The number of nitrogens with zero attached hydrogens (tertiary/aromatic N) is 2. The SMILES string of the molecule is CCCn1ccnc1C(NN)C1C2CCCCC21. The minimum Gasteiger partial charge on any atom is -0.334 e. The lowest BCUT2D eigenvalue weighted by Gasteiger charge is -2.17. The standard InChI is InChI=1S/C14H24N4/c1-2-8-18-9-7-16-14(18)13(17-15)12-10-5-3-4-6-11(10)12/h7,9-13,17H,2-6,8,15H2,1H3. The first-order valence-corrected chi connectivity index (χ1v) is 7.34. The van der Waals surface area contributed by atoms with Crippen molar-refractivity contribution in [2.45, 2.75) is 51.6 Å². The molecule has 1 heterocycles. The van der Waals surface area contributed by atoms with Gasteiger partial charge < -0.3 is 4.57 Å². The van der Waals surface area contributed by atoms with E-state index in [9.17, 15) is 0 Å². The van der Waals surface area contributed by atoms with Crippen LogP contribution in [0, 0.1) is 17.8 Å². The van der Waals surface area contributed by atoms with Gasteiger partial charge in [0.15, 0.2) is 0 Å². The van der Waals surface area contributed by atoms with Crippen molar-refractivity contribution in [2.75, 3.05) is 0 Å². The Balaban J connectivity index is 1.78. The summed E-state index contributed by atoms with van der Waals surface area (Å²) in [4.78, 5) is 4.55. The van der Waals surface area contributed by atoms with E-state index in [4.69, 9.17) is 5.84 Å². The molecular weight excluding hydrogens is 224 g/mol. The number of rotatable bonds is 5. The number of aryl methyl sites for hydroxylation is 1. The van der Waals surface area contributed by atoms with Crippen molar-refractivity contribution in [3.8, 4) is 0 Å². The molecule has 0 spiro atoms. The van der Waals surface area contributed by atoms with E-state index in [0.717, 1.165) is 36.5 Å². The van der Waals surface area contributed by atoms with Gasteiger partial charge in [-0.3, -0.25) is 5.84 Å². The van der Waals surface area contributed by atoms with Crippen LogP contribution in [0.3, 0.4) is 0 Å². The van der Waals surface area contributed by atoms with Crippen LogP contribution < -0.4 is 11.3 Å². The van der Waals surface area contributed by atoms with Crippen LogP contribution in [0.5, 0.6) is 0 Å². The smallest absolute Gasteiger partial charge is 0.127 e. The van der Waals surface area contributed by atoms with E-state index in [1.54, 1.807) is 0 Å². The van der Waals surface area contributed by atoms with Crippen LogP contribution in [-0.4, -0.2) is 9.55 Å². The van der Waals surface area contributed by atoms with E-state index < -0.39 is 0 Å². The molecule has 2 saturated carbocycles. The number of hydrazine groups is 1. The van der Waals surface area contributed by atoms with Crippen LogP contribution in [0.1, 0.15) is 50.9 Å². The van der Waals surface area contributed by atoms with Gasteiger partial charge in [-0.15, -0.1) is 0 Å². The molecule has 3 N–H and O–H groups in total. The summed E-state index contributed by atoms with van der Waals surface area (Å²) in [6, 6.07) is 0.250. The predicted molar refractivity (Wildman–Crippen MR) is 71.5 cm³/mol. The van der Waals surface area contributed by atoms with Crippen molar-refractivity contribution in [3.63, 3.8) is 0 Å². The number of hydrogen-bond acceptors (Lipinski definition) is 3. The molecule has 0 aliphatic heterocycles. The summed E-state index contributed by atoms with van der Waals surface area (Å²) in [5.41, 5.74) is 3.04. The molecule has 0 bridgehead atoms. The molecule has 3 rings (SSSR count). The summed E-state index contributed by atoms with van der Waals surface area (Å²) in [6.07, 6.45) is 10.7. The van der Waals surface area contributed by atoms with Gasteiger partial charge in [-0.2, -0.15) is 0 Å². The number of nitrogens with two attached hydrogens (primary N) is 1. The summed E-state index contributed by atoms with van der Waals surface area (Å²) in [5.74, 6) is 9.47. The molecule has 2 aliphatic carbocycles. The highest BCUT2D eigenvalue weighted by molar-refractivity contribution is 5.12. The molecule has 100 valence electrons. The van der Waals surface area contributed by atoms with Gasteiger partial charge in [0.05, 0.1) is 6.04 Å². The normalized spacial score (nSPS) is 32.0.